The van der Waals surface area contributed by atoms with Gasteiger partial charge in [-0.3, -0.25) is 9.78 Å². The molecular weight excluding hydrogens is 364 g/mol. The molecule has 1 atom stereocenters. The van der Waals surface area contributed by atoms with Gasteiger partial charge in [0, 0.05) is 37.4 Å². The van der Waals surface area contributed by atoms with E-state index in [2.05, 4.69) is 28.6 Å². The molecule has 6 nitrogen and oxygen atoms in total. The lowest BCUT2D eigenvalue weighted by Gasteiger charge is -2.25. The minimum Gasteiger partial charge on any atom is -0.497 e. The Morgan fingerprint density at radius 3 is 2.72 bits per heavy atom. The smallest absolute Gasteiger partial charge is 0.227 e. The molecule has 150 valence electrons. The van der Waals surface area contributed by atoms with Crippen molar-refractivity contribution in [3.05, 3.63) is 77.6 Å². The van der Waals surface area contributed by atoms with E-state index in [1.54, 1.807) is 19.5 Å². The van der Waals surface area contributed by atoms with E-state index >= 15 is 0 Å². The van der Waals surface area contributed by atoms with Crippen LogP contribution < -0.4 is 4.74 Å². The number of hydrogen-bond acceptors (Lipinski definition) is 4. The van der Waals surface area contributed by atoms with Crippen LogP contribution in [0, 0.1) is 6.92 Å². The van der Waals surface area contributed by atoms with Gasteiger partial charge in [-0.1, -0.05) is 18.2 Å². The normalized spacial score (nSPS) is 16.2. The summed E-state index contributed by atoms with van der Waals surface area (Å²) in [6.07, 6.45) is 7.71. The zero-order chi connectivity index (χ0) is 20.2. The summed E-state index contributed by atoms with van der Waals surface area (Å²) in [6, 6.07) is 11.9. The molecule has 1 amide bonds. The van der Waals surface area contributed by atoms with Crippen molar-refractivity contribution in [1.29, 1.82) is 0 Å². The summed E-state index contributed by atoms with van der Waals surface area (Å²) in [5.74, 6) is 1.95. The topological polar surface area (TPSA) is 60.2 Å². The Hall–Kier alpha value is -3.15. The van der Waals surface area contributed by atoms with Crippen molar-refractivity contribution >= 4 is 5.91 Å². The summed E-state index contributed by atoms with van der Waals surface area (Å²) in [5.41, 5.74) is 3.22. The number of methoxy groups -OCH3 is 1. The number of carbonyl (C=O) groups is 1. The van der Waals surface area contributed by atoms with E-state index in [1.807, 2.05) is 35.4 Å². The first kappa shape index (κ1) is 19.2. The fourth-order valence-electron chi connectivity index (χ4n) is 3.98. The lowest BCUT2D eigenvalue weighted by atomic mass is 10.1. The molecule has 1 saturated heterocycles. The van der Waals surface area contributed by atoms with E-state index in [4.69, 9.17) is 9.72 Å². The van der Waals surface area contributed by atoms with Crippen LogP contribution in [-0.4, -0.2) is 39.0 Å². The quantitative estimate of drug-likeness (QED) is 0.646. The van der Waals surface area contributed by atoms with E-state index in [0.717, 1.165) is 48.8 Å². The second-order valence-electron chi connectivity index (χ2n) is 7.48. The Labute approximate surface area is 171 Å². The Morgan fingerprint density at radius 2 is 2.00 bits per heavy atom. The van der Waals surface area contributed by atoms with Crippen molar-refractivity contribution in [2.24, 2.45) is 0 Å². The number of aromatic nitrogens is 3. The van der Waals surface area contributed by atoms with Gasteiger partial charge in [0.15, 0.2) is 0 Å². The van der Waals surface area contributed by atoms with Gasteiger partial charge in [-0.25, -0.2) is 4.98 Å². The van der Waals surface area contributed by atoms with Gasteiger partial charge in [-0.05, 0) is 49.1 Å². The van der Waals surface area contributed by atoms with E-state index < -0.39 is 0 Å². The van der Waals surface area contributed by atoms with Crippen molar-refractivity contribution < 1.29 is 9.53 Å². The molecular formula is C23H26N4O2. The molecule has 1 aromatic carbocycles. The van der Waals surface area contributed by atoms with Crippen molar-refractivity contribution in [2.45, 2.75) is 38.8 Å². The molecule has 2 aromatic heterocycles. The molecule has 6 heteroatoms. The Kier molecular flexibility index (Phi) is 5.60. The third-order valence-electron chi connectivity index (χ3n) is 5.54. The van der Waals surface area contributed by atoms with Gasteiger partial charge >= 0.3 is 0 Å². The molecule has 0 radical (unpaired) electrons. The Morgan fingerprint density at radius 1 is 1.17 bits per heavy atom. The van der Waals surface area contributed by atoms with Crippen molar-refractivity contribution in [3.8, 4) is 5.75 Å². The molecule has 0 spiro atoms. The average molecular weight is 390 g/mol. The number of aryl methyl sites for hydroxylation is 1. The third kappa shape index (κ3) is 4.16. The highest BCUT2D eigenvalue weighted by molar-refractivity contribution is 5.79. The number of imidazole rings is 1. The minimum atomic E-state index is 0.0196. The van der Waals surface area contributed by atoms with Gasteiger partial charge in [0.25, 0.3) is 0 Å². The van der Waals surface area contributed by atoms with Crippen LogP contribution >= 0.6 is 0 Å². The zero-order valence-electron chi connectivity index (χ0n) is 16.9. The lowest BCUT2D eigenvalue weighted by Crippen LogP contribution is -2.33. The van der Waals surface area contributed by atoms with E-state index in [9.17, 15) is 4.79 Å². The summed E-state index contributed by atoms with van der Waals surface area (Å²) < 4.78 is 7.48. The van der Waals surface area contributed by atoms with Gasteiger partial charge in [0.05, 0.1) is 19.6 Å². The molecule has 1 unspecified atom stereocenters. The molecule has 4 rings (SSSR count). The molecule has 1 aliphatic heterocycles. The minimum absolute atomic E-state index is 0.0196. The number of pyridine rings is 1. The fraction of sp³-hybridized carbons (Fsp3) is 0.348. The maximum Gasteiger partial charge on any atom is 0.227 e. The van der Waals surface area contributed by atoms with Crippen LogP contribution in [0.5, 0.6) is 5.75 Å². The first-order chi connectivity index (χ1) is 14.2. The highest BCUT2D eigenvalue weighted by atomic mass is 16.5. The monoisotopic (exact) mass is 390 g/mol. The van der Waals surface area contributed by atoms with Gasteiger partial charge in [0.1, 0.15) is 11.6 Å². The van der Waals surface area contributed by atoms with Gasteiger partial charge in [-0.2, -0.15) is 0 Å². The Balaban J connectivity index is 1.54. The second-order valence-corrected chi connectivity index (χ2v) is 7.48. The number of ether oxygens (including phenoxy) is 1. The van der Waals surface area contributed by atoms with Crippen LogP contribution in [-0.2, 0) is 17.8 Å². The maximum atomic E-state index is 13.0. The fourth-order valence-corrected chi connectivity index (χ4v) is 3.98. The average Bonchev–Trinajstić information content (AvgIpc) is 3.36. The standard InChI is InChI=1S/C23H26N4O2/c1-17-14-25-23(27(17)16-18-7-9-20(29-2)10-8-18)21-6-4-12-26(21)22(28)13-19-5-3-11-24-15-19/h3,5,7-11,14-15,21H,4,6,12-13,16H2,1-2H3. The number of likely N-dealkylation sites (tertiary alicyclic amines) is 1. The van der Waals surface area contributed by atoms with Gasteiger partial charge in [-0.15, -0.1) is 0 Å². The molecule has 3 heterocycles. The Bertz CT molecular complexity index is 966. The van der Waals surface area contributed by atoms with Crippen LogP contribution in [0.1, 0.15) is 41.5 Å². The van der Waals surface area contributed by atoms with Crippen LogP contribution in [0.3, 0.4) is 0 Å². The van der Waals surface area contributed by atoms with Crippen LogP contribution in [0.4, 0.5) is 0 Å². The largest absolute Gasteiger partial charge is 0.497 e. The summed E-state index contributed by atoms with van der Waals surface area (Å²) in [7, 11) is 1.67. The van der Waals surface area contributed by atoms with Crippen molar-refractivity contribution in [2.75, 3.05) is 13.7 Å². The summed E-state index contributed by atoms with van der Waals surface area (Å²) in [6.45, 7) is 3.57. The molecule has 0 saturated carbocycles. The van der Waals surface area contributed by atoms with Gasteiger partial charge < -0.3 is 14.2 Å². The summed E-state index contributed by atoms with van der Waals surface area (Å²) in [4.78, 5) is 23.8. The van der Waals surface area contributed by atoms with E-state index in [-0.39, 0.29) is 11.9 Å². The molecule has 3 aromatic rings. The molecule has 1 fully saturated rings. The summed E-state index contributed by atoms with van der Waals surface area (Å²) >= 11 is 0. The lowest BCUT2D eigenvalue weighted by molar-refractivity contribution is -0.131. The molecule has 29 heavy (non-hydrogen) atoms. The molecule has 0 aliphatic carbocycles. The van der Waals surface area contributed by atoms with Crippen LogP contribution in [0.25, 0.3) is 0 Å². The van der Waals surface area contributed by atoms with Gasteiger partial charge in [0.2, 0.25) is 5.91 Å². The predicted molar refractivity (Wildman–Crippen MR) is 111 cm³/mol. The van der Waals surface area contributed by atoms with Crippen LogP contribution in [0.2, 0.25) is 0 Å². The third-order valence-corrected chi connectivity index (χ3v) is 5.54. The number of rotatable bonds is 6. The first-order valence-electron chi connectivity index (χ1n) is 9.99. The molecule has 1 aliphatic rings. The number of benzene rings is 1. The summed E-state index contributed by atoms with van der Waals surface area (Å²) in [5, 5.41) is 0. The van der Waals surface area contributed by atoms with Crippen molar-refractivity contribution in [1.82, 2.24) is 19.4 Å². The number of carbonyl (C=O) groups excluding carboxylic acids is 1. The molecule has 0 N–H and O–H groups in total. The van der Waals surface area contributed by atoms with Crippen molar-refractivity contribution in [3.63, 3.8) is 0 Å². The number of hydrogen-bond donors (Lipinski definition) is 0. The predicted octanol–water partition coefficient (Wildman–Crippen LogP) is 3.55. The van der Waals surface area contributed by atoms with E-state index in [1.165, 1.54) is 5.56 Å². The highest BCUT2D eigenvalue weighted by Crippen LogP contribution is 2.32. The second kappa shape index (κ2) is 8.47. The highest BCUT2D eigenvalue weighted by Gasteiger charge is 2.33. The van der Waals surface area contributed by atoms with Crippen LogP contribution in [0.15, 0.2) is 55.0 Å². The zero-order valence-corrected chi connectivity index (χ0v) is 16.9. The molecule has 0 bridgehead atoms. The maximum absolute atomic E-state index is 13.0. The number of amides is 1. The number of nitrogens with zero attached hydrogens (tertiary/aromatic N) is 4. The van der Waals surface area contributed by atoms with E-state index in [0.29, 0.717) is 6.42 Å². The SMILES string of the molecule is COc1ccc(Cn2c(C)cnc2C2CCCN2C(=O)Cc2cccnc2)cc1. The first-order valence-corrected chi connectivity index (χ1v) is 9.99.